The maximum Gasteiger partial charge on any atom is 0.179 e. The molecule has 0 spiro atoms. The van der Waals surface area contributed by atoms with E-state index < -0.39 is 8.07 Å². The van der Waals surface area contributed by atoms with Gasteiger partial charge in [0.05, 0.1) is 44.7 Å². The average molecular weight is 857 g/mol. The molecule has 5 heteroatoms. The normalized spacial score (nSPS) is 11.9. The highest BCUT2D eigenvalue weighted by atomic mass is 28.3. The lowest BCUT2D eigenvalue weighted by atomic mass is 10.1. The molecule has 0 saturated heterocycles. The van der Waals surface area contributed by atoms with Gasteiger partial charge in [-0.25, -0.2) is 0 Å². The van der Waals surface area contributed by atoms with Crippen molar-refractivity contribution in [3.05, 3.63) is 248 Å². The van der Waals surface area contributed by atoms with Crippen molar-refractivity contribution in [1.82, 2.24) is 13.7 Å². The fourth-order valence-corrected chi connectivity index (χ4v) is 15.8. The molecule has 0 fully saturated rings. The van der Waals surface area contributed by atoms with Gasteiger partial charge in [0.15, 0.2) is 8.07 Å². The van der Waals surface area contributed by atoms with Crippen molar-refractivity contribution in [2.45, 2.75) is 0 Å². The molecule has 0 aliphatic rings. The lowest BCUT2D eigenvalue weighted by Gasteiger charge is -2.34. The van der Waals surface area contributed by atoms with Crippen molar-refractivity contribution in [1.29, 1.82) is 5.26 Å². The Morgan fingerprint density at radius 1 is 0.273 bits per heavy atom. The molecule has 10 aromatic carbocycles. The van der Waals surface area contributed by atoms with E-state index in [1.165, 1.54) is 53.3 Å². The van der Waals surface area contributed by atoms with Gasteiger partial charge in [0.2, 0.25) is 0 Å². The van der Waals surface area contributed by atoms with E-state index in [4.69, 9.17) is 0 Å². The fourth-order valence-electron chi connectivity index (χ4n) is 11.0. The topological polar surface area (TPSA) is 38.6 Å². The molecule has 0 bridgehead atoms. The summed E-state index contributed by atoms with van der Waals surface area (Å²) in [6, 6.07) is 90.9. The molecule has 13 aromatic rings. The predicted molar refractivity (Wildman–Crippen MR) is 278 cm³/mol. The second kappa shape index (κ2) is 15.0. The van der Waals surface area contributed by atoms with Gasteiger partial charge in [-0.15, -0.1) is 0 Å². The zero-order valence-corrected chi connectivity index (χ0v) is 36.9. The van der Waals surface area contributed by atoms with Gasteiger partial charge < -0.3 is 13.7 Å². The monoisotopic (exact) mass is 856 g/mol. The first-order valence-corrected chi connectivity index (χ1v) is 24.5. The minimum atomic E-state index is -2.77. The summed E-state index contributed by atoms with van der Waals surface area (Å²) < 4.78 is 7.15. The summed E-state index contributed by atoms with van der Waals surface area (Å²) in [6.45, 7) is 0. The molecule has 0 atom stereocenters. The van der Waals surface area contributed by atoms with Crippen LogP contribution in [0.4, 0.5) is 0 Å². The van der Waals surface area contributed by atoms with Crippen LogP contribution in [-0.2, 0) is 0 Å². The van der Waals surface area contributed by atoms with E-state index in [1.54, 1.807) is 0 Å². The number of rotatable bonds is 7. The molecule has 0 unspecified atom stereocenters. The van der Waals surface area contributed by atoms with Gasteiger partial charge in [-0.1, -0.05) is 164 Å². The van der Waals surface area contributed by atoms with Crippen molar-refractivity contribution < 1.29 is 0 Å². The molecule has 0 N–H and O–H groups in total. The average Bonchev–Trinajstić information content (AvgIpc) is 4.02. The third kappa shape index (κ3) is 5.56. The number of aromatic nitrogens is 3. The molecule has 66 heavy (non-hydrogen) atoms. The van der Waals surface area contributed by atoms with Crippen molar-refractivity contribution in [3.8, 4) is 23.1 Å². The Bertz CT molecular complexity index is 3910. The zero-order valence-electron chi connectivity index (χ0n) is 35.9. The van der Waals surface area contributed by atoms with Crippen molar-refractivity contribution >= 4 is 94.2 Å². The van der Waals surface area contributed by atoms with Crippen molar-refractivity contribution in [2.75, 3.05) is 0 Å². The van der Waals surface area contributed by atoms with Crippen LogP contribution in [0, 0.1) is 11.3 Å². The molecule has 0 aliphatic carbocycles. The quantitative estimate of drug-likeness (QED) is 0.116. The third-order valence-corrected chi connectivity index (χ3v) is 18.6. The van der Waals surface area contributed by atoms with Gasteiger partial charge >= 0.3 is 0 Å². The molecule has 0 amide bonds. The van der Waals surface area contributed by atoms with E-state index in [2.05, 4.69) is 250 Å². The van der Waals surface area contributed by atoms with Crippen molar-refractivity contribution in [2.24, 2.45) is 0 Å². The van der Waals surface area contributed by atoms with E-state index in [9.17, 15) is 5.26 Å². The van der Waals surface area contributed by atoms with Gasteiger partial charge in [-0.2, -0.15) is 5.26 Å². The Morgan fingerprint density at radius 3 is 1.14 bits per heavy atom. The maximum atomic E-state index is 10.2. The van der Waals surface area contributed by atoms with Crippen LogP contribution in [0.25, 0.3) is 82.5 Å². The number of fused-ring (bicyclic) bond motifs is 9. The Kier molecular flexibility index (Phi) is 8.57. The van der Waals surface area contributed by atoms with Crippen LogP contribution >= 0.6 is 0 Å². The predicted octanol–water partition coefficient (Wildman–Crippen LogP) is 12.2. The number of nitriles is 1. The molecule has 0 radical (unpaired) electrons. The van der Waals surface area contributed by atoms with E-state index >= 15 is 0 Å². The fraction of sp³-hybridized carbons (Fsp3) is 0. The Labute approximate surface area is 382 Å². The van der Waals surface area contributed by atoms with Crippen LogP contribution in [0.15, 0.2) is 243 Å². The zero-order chi connectivity index (χ0) is 43.8. The van der Waals surface area contributed by atoms with Gasteiger partial charge in [-0.3, -0.25) is 0 Å². The Morgan fingerprint density at radius 2 is 0.652 bits per heavy atom. The molecule has 308 valence electrons. The maximum absolute atomic E-state index is 10.2. The Hall–Kier alpha value is -8.69. The first kappa shape index (κ1) is 37.8. The smallest absolute Gasteiger partial charge is 0.179 e. The first-order chi connectivity index (χ1) is 32.7. The third-order valence-electron chi connectivity index (χ3n) is 13.8. The van der Waals surface area contributed by atoms with E-state index in [1.807, 2.05) is 12.1 Å². The standard InChI is InChI=1S/C61H40N4Si/c62-41-42-31-34-53-55-39-44(64-56-28-13-10-25-50(56)51-26-11-14-29-57(51)64)32-36-60(55)65(61(53)37-42)45-33-35-59-54(40-45)52-27-12-15-30-58(52)63(59)43-17-16-24-49(38-43)66(46-18-4-1-5-19-46,47-20-6-2-7-21-47)48-22-8-3-9-23-48/h1-40H. The van der Waals surface area contributed by atoms with Crippen LogP contribution in [0.2, 0.25) is 0 Å². The number of hydrogen-bond donors (Lipinski definition) is 0. The van der Waals surface area contributed by atoms with Crippen LogP contribution in [0.3, 0.4) is 0 Å². The van der Waals surface area contributed by atoms with E-state index in [0.29, 0.717) is 5.56 Å². The van der Waals surface area contributed by atoms with Gasteiger partial charge in [0.1, 0.15) is 0 Å². The first-order valence-electron chi connectivity index (χ1n) is 22.5. The molecular formula is C61H40N4Si. The summed E-state index contributed by atoms with van der Waals surface area (Å²) in [7, 11) is -2.77. The number of benzene rings is 10. The molecule has 3 heterocycles. The second-order valence-corrected chi connectivity index (χ2v) is 21.0. The summed E-state index contributed by atoms with van der Waals surface area (Å²) in [5.74, 6) is 0. The lowest BCUT2D eigenvalue weighted by Crippen LogP contribution is -2.74. The number of hydrogen-bond acceptors (Lipinski definition) is 1. The molecule has 13 rings (SSSR count). The van der Waals surface area contributed by atoms with Crippen molar-refractivity contribution in [3.63, 3.8) is 0 Å². The Balaban J connectivity index is 1.02. The highest BCUT2D eigenvalue weighted by molar-refractivity contribution is 7.19. The van der Waals surface area contributed by atoms with Crippen LogP contribution < -0.4 is 20.7 Å². The number of para-hydroxylation sites is 3. The molecule has 3 aromatic heterocycles. The highest BCUT2D eigenvalue weighted by Gasteiger charge is 2.41. The molecular weight excluding hydrogens is 817 g/mol. The van der Waals surface area contributed by atoms with Gasteiger partial charge in [-0.05, 0) is 99.6 Å². The number of nitrogens with zero attached hydrogens (tertiary/aromatic N) is 4. The van der Waals surface area contributed by atoms with Crippen LogP contribution in [0.1, 0.15) is 5.56 Å². The minimum absolute atomic E-state index is 0.632. The lowest BCUT2D eigenvalue weighted by molar-refractivity contribution is 1.16. The van der Waals surface area contributed by atoms with Gasteiger partial charge in [0, 0.05) is 49.4 Å². The van der Waals surface area contributed by atoms with Crippen LogP contribution in [-0.4, -0.2) is 21.8 Å². The SMILES string of the molecule is N#Cc1ccc2c3cc(-n4c5ccccc5c5ccccc54)ccc3n(-c3ccc4c(c3)c3ccccc3n4-c3cccc([Si](c4ccccc4)(c4ccccc4)c4ccccc4)c3)c2c1. The summed E-state index contributed by atoms with van der Waals surface area (Å²) in [4.78, 5) is 0. The van der Waals surface area contributed by atoms with Crippen LogP contribution in [0.5, 0.6) is 0 Å². The molecule has 0 aliphatic heterocycles. The largest absolute Gasteiger partial charge is 0.309 e. The van der Waals surface area contributed by atoms with E-state index in [-0.39, 0.29) is 0 Å². The summed E-state index contributed by atoms with van der Waals surface area (Å²) in [5, 5.41) is 22.6. The van der Waals surface area contributed by atoms with Gasteiger partial charge in [0.25, 0.3) is 0 Å². The molecule has 4 nitrogen and oxygen atoms in total. The second-order valence-electron chi connectivity index (χ2n) is 17.2. The van der Waals surface area contributed by atoms with E-state index in [0.717, 1.165) is 49.9 Å². The minimum Gasteiger partial charge on any atom is -0.309 e. The molecule has 0 saturated carbocycles. The summed E-state index contributed by atoms with van der Waals surface area (Å²) in [6.07, 6.45) is 0. The summed E-state index contributed by atoms with van der Waals surface area (Å²) >= 11 is 0. The summed E-state index contributed by atoms with van der Waals surface area (Å²) in [5.41, 5.74) is 10.6. The highest BCUT2D eigenvalue weighted by Crippen LogP contribution is 2.39.